The Bertz CT molecular complexity index is 742. The second-order valence-electron chi connectivity index (χ2n) is 5.75. The van der Waals surface area contributed by atoms with Crippen LogP contribution in [0.1, 0.15) is 44.6 Å². The smallest absolute Gasteiger partial charge is 0.348 e. The molecule has 0 fully saturated rings. The van der Waals surface area contributed by atoms with Gasteiger partial charge in [-0.2, -0.15) is 5.26 Å². The molecule has 0 saturated heterocycles. The second kappa shape index (κ2) is 6.33. The molecule has 1 atom stereocenters. The lowest BCUT2D eigenvalue weighted by Gasteiger charge is -2.16. The fraction of sp³-hybridized carbons (Fsp3) is 0.333. The van der Waals surface area contributed by atoms with Gasteiger partial charge in [0.15, 0.2) is 0 Å². The summed E-state index contributed by atoms with van der Waals surface area (Å²) in [6.07, 6.45) is 3.31. The van der Waals surface area contributed by atoms with E-state index in [-0.39, 0.29) is 12.6 Å². The van der Waals surface area contributed by atoms with Gasteiger partial charge in [0.2, 0.25) is 0 Å². The molecular weight excluding hydrogens is 294 g/mol. The summed E-state index contributed by atoms with van der Waals surface area (Å²) in [7, 11) is 0. The number of benzene rings is 1. The van der Waals surface area contributed by atoms with Crippen LogP contribution in [0.15, 0.2) is 30.3 Å². The van der Waals surface area contributed by atoms with Crippen LogP contribution in [0.3, 0.4) is 0 Å². The van der Waals surface area contributed by atoms with E-state index in [4.69, 9.17) is 10.00 Å². The minimum absolute atomic E-state index is 0.140. The first-order valence-corrected chi connectivity index (χ1v) is 8.25. The van der Waals surface area contributed by atoms with Gasteiger partial charge in [-0.15, -0.1) is 11.3 Å². The van der Waals surface area contributed by atoms with E-state index in [1.807, 2.05) is 18.2 Å². The van der Waals surface area contributed by atoms with Crippen molar-refractivity contribution in [2.24, 2.45) is 5.92 Å². The molecule has 0 radical (unpaired) electrons. The van der Waals surface area contributed by atoms with Gasteiger partial charge in [0.1, 0.15) is 11.5 Å². The highest BCUT2D eigenvalue weighted by Crippen LogP contribution is 2.32. The van der Waals surface area contributed by atoms with Gasteiger partial charge < -0.3 is 4.74 Å². The Morgan fingerprint density at radius 2 is 2.27 bits per heavy atom. The zero-order valence-corrected chi connectivity index (χ0v) is 13.3. The average Bonchev–Trinajstić information content (AvgIpc) is 2.96. The molecule has 3 rings (SSSR count). The summed E-state index contributed by atoms with van der Waals surface area (Å²) in [6, 6.07) is 11.3. The third kappa shape index (κ3) is 3.05. The van der Waals surface area contributed by atoms with E-state index in [9.17, 15) is 4.79 Å². The molecule has 0 spiro atoms. The van der Waals surface area contributed by atoms with Gasteiger partial charge >= 0.3 is 5.97 Å². The predicted octanol–water partition coefficient (Wildman–Crippen LogP) is 4.10. The molecule has 2 aromatic rings. The quantitative estimate of drug-likeness (QED) is 0.802. The van der Waals surface area contributed by atoms with Crippen LogP contribution in [0.2, 0.25) is 0 Å². The molecule has 1 heterocycles. The maximum atomic E-state index is 12.2. The molecule has 1 aromatic heterocycles. The molecule has 1 unspecified atom stereocenters. The molecule has 0 saturated carbocycles. The molecule has 1 aliphatic rings. The minimum Gasteiger partial charge on any atom is -0.457 e. The number of nitrogens with zero attached hydrogens (tertiary/aromatic N) is 1. The Kier molecular flexibility index (Phi) is 4.26. The number of esters is 1. The minimum atomic E-state index is -0.292. The standard InChI is InChI=1S/C18H17NO2S/c1-12-6-7-16-15(8-12)9-17(22-16)18(20)21-11-14-5-3-2-4-13(14)10-19/h2-5,9,12H,6-8,11H2,1H3. The summed E-state index contributed by atoms with van der Waals surface area (Å²) >= 11 is 1.55. The number of hydrogen-bond acceptors (Lipinski definition) is 4. The van der Waals surface area contributed by atoms with Crippen molar-refractivity contribution in [2.45, 2.75) is 32.8 Å². The number of fused-ring (bicyclic) bond motifs is 1. The van der Waals surface area contributed by atoms with Crippen LogP contribution in [-0.4, -0.2) is 5.97 Å². The molecule has 22 heavy (non-hydrogen) atoms. The molecule has 4 heteroatoms. The highest BCUT2D eigenvalue weighted by Gasteiger charge is 2.21. The van der Waals surface area contributed by atoms with Crippen LogP contribution in [0, 0.1) is 17.2 Å². The Balaban J connectivity index is 1.69. The maximum absolute atomic E-state index is 12.2. The molecule has 3 nitrogen and oxygen atoms in total. The van der Waals surface area contributed by atoms with Crippen LogP contribution >= 0.6 is 11.3 Å². The van der Waals surface area contributed by atoms with E-state index < -0.39 is 0 Å². The number of nitriles is 1. The van der Waals surface area contributed by atoms with E-state index in [2.05, 4.69) is 13.0 Å². The molecule has 0 aliphatic heterocycles. The van der Waals surface area contributed by atoms with Gasteiger partial charge in [0.05, 0.1) is 11.6 Å². The Labute approximate surface area is 134 Å². The molecular formula is C18H17NO2S. The van der Waals surface area contributed by atoms with Crippen molar-refractivity contribution in [2.75, 3.05) is 0 Å². The average molecular weight is 311 g/mol. The molecule has 1 aliphatic carbocycles. The van der Waals surface area contributed by atoms with Crippen LogP contribution in [0.25, 0.3) is 0 Å². The summed E-state index contributed by atoms with van der Waals surface area (Å²) in [5.74, 6) is 0.397. The van der Waals surface area contributed by atoms with Crippen molar-refractivity contribution in [1.29, 1.82) is 5.26 Å². The number of rotatable bonds is 3. The molecule has 0 amide bonds. The Hall–Kier alpha value is -2.12. The Morgan fingerprint density at radius 1 is 1.45 bits per heavy atom. The fourth-order valence-corrected chi connectivity index (χ4v) is 3.88. The first-order chi connectivity index (χ1) is 10.7. The van der Waals surface area contributed by atoms with Crippen molar-refractivity contribution in [1.82, 2.24) is 0 Å². The fourth-order valence-electron chi connectivity index (χ4n) is 2.78. The van der Waals surface area contributed by atoms with Crippen molar-refractivity contribution in [3.63, 3.8) is 0 Å². The van der Waals surface area contributed by atoms with E-state index in [0.29, 0.717) is 16.4 Å². The van der Waals surface area contributed by atoms with Crippen LogP contribution in [0.4, 0.5) is 0 Å². The van der Waals surface area contributed by atoms with E-state index >= 15 is 0 Å². The van der Waals surface area contributed by atoms with E-state index in [1.54, 1.807) is 23.5 Å². The monoisotopic (exact) mass is 311 g/mol. The number of aryl methyl sites for hydroxylation is 1. The van der Waals surface area contributed by atoms with Gasteiger partial charge in [-0.3, -0.25) is 0 Å². The lowest BCUT2D eigenvalue weighted by molar-refractivity contribution is 0.0478. The SMILES string of the molecule is CC1CCc2sc(C(=O)OCc3ccccc3C#N)cc2C1. The molecule has 0 N–H and O–H groups in total. The van der Waals surface area contributed by atoms with Crippen molar-refractivity contribution < 1.29 is 9.53 Å². The van der Waals surface area contributed by atoms with Crippen LogP contribution in [-0.2, 0) is 24.2 Å². The summed E-state index contributed by atoms with van der Waals surface area (Å²) in [5, 5.41) is 9.05. The van der Waals surface area contributed by atoms with E-state index in [1.165, 1.54) is 16.9 Å². The van der Waals surface area contributed by atoms with Crippen LogP contribution < -0.4 is 0 Å². The summed E-state index contributed by atoms with van der Waals surface area (Å²) < 4.78 is 5.38. The number of thiophene rings is 1. The van der Waals surface area contributed by atoms with Crippen LogP contribution in [0.5, 0.6) is 0 Å². The van der Waals surface area contributed by atoms with Crippen molar-refractivity contribution in [3.8, 4) is 6.07 Å². The summed E-state index contributed by atoms with van der Waals surface area (Å²) in [5.41, 5.74) is 2.59. The normalized spacial score (nSPS) is 16.6. The first-order valence-electron chi connectivity index (χ1n) is 7.44. The van der Waals surface area contributed by atoms with Crippen molar-refractivity contribution >= 4 is 17.3 Å². The topological polar surface area (TPSA) is 50.1 Å². The molecule has 112 valence electrons. The highest BCUT2D eigenvalue weighted by atomic mass is 32.1. The van der Waals surface area contributed by atoms with E-state index in [0.717, 1.165) is 18.4 Å². The second-order valence-corrected chi connectivity index (χ2v) is 6.89. The highest BCUT2D eigenvalue weighted by molar-refractivity contribution is 7.14. The Morgan fingerprint density at radius 3 is 3.09 bits per heavy atom. The number of hydrogen-bond donors (Lipinski definition) is 0. The lowest BCUT2D eigenvalue weighted by Crippen LogP contribution is -2.08. The zero-order chi connectivity index (χ0) is 15.5. The maximum Gasteiger partial charge on any atom is 0.348 e. The number of ether oxygens (including phenoxy) is 1. The van der Waals surface area contributed by atoms with Gasteiger partial charge in [0.25, 0.3) is 0 Å². The molecule has 0 bridgehead atoms. The largest absolute Gasteiger partial charge is 0.457 e. The lowest BCUT2D eigenvalue weighted by atomic mass is 9.90. The van der Waals surface area contributed by atoms with Crippen molar-refractivity contribution in [3.05, 3.63) is 56.8 Å². The first kappa shape index (κ1) is 14.8. The van der Waals surface area contributed by atoms with Gasteiger partial charge in [-0.1, -0.05) is 25.1 Å². The third-order valence-corrected chi connectivity index (χ3v) is 5.24. The summed E-state index contributed by atoms with van der Waals surface area (Å²) in [6.45, 7) is 2.39. The third-order valence-electron chi connectivity index (χ3n) is 4.03. The number of carbonyl (C=O) groups excluding carboxylic acids is 1. The predicted molar refractivity (Wildman–Crippen MR) is 85.8 cm³/mol. The number of carbonyl (C=O) groups is 1. The molecule has 1 aromatic carbocycles. The van der Waals surface area contributed by atoms with Gasteiger partial charge in [-0.05, 0) is 42.9 Å². The van der Waals surface area contributed by atoms with Gasteiger partial charge in [0, 0.05) is 10.4 Å². The summed E-state index contributed by atoms with van der Waals surface area (Å²) in [4.78, 5) is 14.2. The zero-order valence-electron chi connectivity index (χ0n) is 12.5. The van der Waals surface area contributed by atoms with Gasteiger partial charge in [-0.25, -0.2) is 4.79 Å².